The van der Waals surface area contributed by atoms with Crippen LogP contribution in [0.4, 0.5) is 5.95 Å². The van der Waals surface area contributed by atoms with Gasteiger partial charge < -0.3 is 20.3 Å². The second kappa shape index (κ2) is 9.18. The van der Waals surface area contributed by atoms with Crippen LogP contribution < -0.4 is 10.6 Å². The first kappa shape index (κ1) is 20.8. The van der Waals surface area contributed by atoms with E-state index in [0.29, 0.717) is 18.4 Å². The minimum absolute atomic E-state index is 0.250. The summed E-state index contributed by atoms with van der Waals surface area (Å²) in [5.41, 5.74) is 3.94. The Morgan fingerprint density at radius 1 is 1.16 bits per heavy atom. The number of nitrogens with one attached hydrogen (secondary N) is 2. The highest BCUT2D eigenvalue weighted by atomic mass is 35.5. The smallest absolute Gasteiger partial charge is 0.224 e. The Morgan fingerprint density at radius 2 is 2.06 bits per heavy atom. The maximum atomic E-state index is 9.70. The van der Waals surface area contributed by atoms with Gasteiger partial charge in [0.25, 0.3) is 0 Å². The summed E-state index contributed by atoms with van der Waals surface area (Å²) in [7, 11) is 0. The molecule has 0 radical (unpaired) electrons. The van der Waals surface area contributed by atoms with Crippen molar-refractivity contribution < 1.29 is 5.11 Å². The highest BCUT2D eigenvalue weighted by Crippen LogP contribution is 2.33. The molecular weight excluding hydrogens is 422 g/mol. The third kappa shape index (κ3) is 4.42. The van der Waals surface area contributed by atoms with E-state index in [1.807, 2.05) is 36.5 Å². The molecule has 5 rings (SSSR count). The molecule has 6 nitrogen and oxygen atoms in total. The molecule has 3 heterocycles. The van der Waals surface area contributed by atoms with Crippen LogP contribution >= 0.6 is 11.6 Å². The van der Waals surface area contributed by atoms with Crippen molar-refractivity contribution >= 4 is 28.6 Å². The van der Waals surface area contributed by atoms with Crippen LogP contribution in [0, 0.1) is 5.92 Å². The minimum atomic E-state index is 0.250. The number of aromatic hydroxyl groups is 1. The van der Waals surface area contributed by atoms with E-state index in [0.717, 1.165) is 52.5 Å². The molecule has 1 atom stereocenters. The number of rotatable bonds is 6. The van der Waals surface area contributed by atoms with E-state index < -0.39 is 0 Å². The molecule has 0 unspecified atom stereocenters. The van der Waals surface area contributed by atoms with E-state index in [2.05, 4.69) is 32.3 Å². The summed E-state index contributed by atoms with van der Waals surface area (Å²) in [4.78, 5) is 9.39. The fraction of sp³-hybridized carbons (Fsp3) is 0.280. The fourth-order valence-electron chi connectivity index (χ4n) is 4.39. The zero-order valence-electron chi connectivity index (χ0n) is 17.8. The molecule has 1 fully saturated rings. The van der Waals surface area contributed by atoms with Crippen LogP contribution in [-0.4, -0.2) is 32.7 Å². The van der Waals surface area contributed by atoms with Gasteiger partial charge in [0.05, 0.1) is 5.69 Å². The van der Waals surface area contributed by atoms with Gasteiger partial charge in [0, 0.05) is 35.3 Å². The quantitative estimate of drug-likeness (QED) is 0.385. The molecule has 0 bridgehead atoms. The van der Waals surface area contributed by atoms with Crippen LogP contribution in [0.25, 0.3) is 22.3 Å². The summed E-state index contributed by atoms with van der Waals surface area (Å²) in [6.45, 7) is 3.51. The zero-order chi connectivity index (χ0) is 21.9. The fourth-order valence-corrected chi connectivity index (χ4v) is 4.62. The van der Waals surface area contributed by atoms with Crippen molar-refractivity contribution in [2.75, 3.05) is 18.4 Å². The Kier molecular flexibility index (Phi) is 5.97. The lowest BCUT2D eigenvalue weighted by Gasteiger charge is -2.24. The number of phenols is 1. The minimum Gasteiger partial charge on any atom is -0.508 e. The topological polar surface area (TPSA) is 75.0 Å². The second-order valence-electron chi connectivity index (χ2n) is 8.33. The first-order chi connectivity index (χ1) is 15.7. The van der Waals surface area contributed by atoms with Crippen molar-refractivity contribution in [1.29, 1.82) is 0 Å². The van der Waals surface area contributed by atoms with E-state index in [4.69, 9.17) is 16.6 Å². The van der Waals surface area contributed by atoms with Gasteiger partial charge in [-0.3, -0.25) is 0 Å². The van der Waals surface area contributed by atoms with E-state index in [-0.39, 0.29) is 5.75 Å². The standard InChI is InChI=1S/C25H26ClN5O/c26-22-9-2-1-8-21(22)23-12-19-15-29-25(28-14-17-5-3-7-20(32)11-17)30-24(19)31(23)16-18-6-4-10-27-13-18/h1-3,5,7-9,11-12,15,18,27,32H,4,6,10,13-14,16H2,(H,28,29,30)/t18-/m1/s1. The highest BCUT2D eigenvalue weighted by molar-refractivity contribution is 6.33. The second-order valence-corrected chi connectivity index (χ2v) is 8.74. The molecule has 0 amide bonds. The van der Waals surface area contributed by atoms with Gasteiger partial charge >= 0.3 is 0 Å². The maximum Gasteiger partial charge on any atom is 0.224 e. The number of hydrogen-bond acceptors (Lipinski definition) is 5. The van der Waals surface area contributed by atoms with Gasteiger partial charge in [-0.2, -0.15) is 4.98 Å². The molecule has 32 heavy (non-hydrogen) atoms. The Labute approximate surface area is 192 Å². The normalized spacial score (nSPS) is 16.3. The Balaban J connectivity index is 1.51. The lowest BCUT2D eigenvalue weighted by molar-refractivity contribution is 0.341. The number of halogens is 1. The molecule has 1 saturated heterocycles. The number of fused-ring (bicyclic) bond motifs is 1. The number of phenolic OH excluding ortho intramolecular Hbond substituents is 1. The van der Waals surface area contributed by atoms with E-state index in [1.54, 1.807) is 12.1 Å². The number of hydrogen-bond donors (Lipinski definition) is 3. The van der Waals surface area contributed by atoms with E-state index in [9.17, 15) is 5.11 Å². The number of aromatic nitrogens is 3. The summed E-state index contributed by atoms with van der Waals surface area (Å²) in [6.07, 6.45) is 4.25. The average molecular weight is 448 g/mol. The van der Waals surface area contributed by atoms with Gasteiger partial charge in [0.15, 0.2) is 0 Å². The van der Waals surface area contributed by atoms with Crippen molar-refractivity contribution in [1.82, 2.24) is 19.9 Å². The van der Waals surface area contributed by atoms with Crippen molar-refractivity contribution in [3.05, 3.63) is 71.4 Å². The number of anilines is 1. The molecule has 2 aromatic heterocycles. The third-order valence-corrected chi connectivity index (χ3v) is 6.31. The summed E-state index contributed by atoms with van der Waals surface area (Å²) >= 11 is 6.57. The molecule has 164 valence electrons. The van der Waals surface area contributed by atoms with Gasteiger partial charge in [0.1, 0.15) is 11.4 Å². The van der Waals surface area contributed by atoms with Crippen molar-refractivity contribution in [2.24, 2.45) is 5.92 Å². The number of piperidine rings is 1. The Bertz CT molecular complexity index is 1230. The maximum absolute atomic E-state index is 9.70. The van der Waals surface area contributed by atoms with Gasteiger partial charge in [-0.1, -0.05) is 41.9 Å². The van der Waals surface area contributed by atoms with Crippen LogP contribution in [-0.2, 0) is 13.1 Å². The van der Waals surface area contributed by atoms with Crippen LogP contribution in [0.15, 0.2) is 60.8 Å². The molecule has 2 aromatic carbocycles. The monoisotopic (exact) mass is 447 g/mol. The van der Waals surface area contributed by atoms with Crippen LogP contribution in [0.5, 0.6) is 5.75 Å². The van der Waals surface area contributed by atoms with Gasteiger partial charge in [0.2, 0.25) is 5.95 Å². The largest absolute Gasteiger partial charge is 0.508 e. The molecule has 1 aliphatic rings. The Morgan fingerprint density at radius 3 is 2.88 bits per heavy atom. The predicted molar refractivity (Wildman–Crippen MR) is 129 cm³/mol. The molecule has 1 aliphatic heterocycles. The molecule has 0 aliphatic carbocycles. The Hall–Kier alpha value is -3.09. The van der Waals surface area contributed by atoms with Crippen LogP contribution in [0.3, 0.4) is 0 Å². The lowest BCUT2D eigenvalue weighted by Crippen LogP contribution is -2.32. The van der Waals surface area contributed by atoms with E-state index >= 15 is 0 Å². The molecule has 0 saturated carbocycles. The third-order valence-electron chi connectivity index (χ3n) is 5.99. The molecule has 0 spiro atoms. The first-order valence-corrected chi connectivity index (χ1v) is 11.4. The SMILES string of the molecule is Oc1cccc(CNc2ncc3cc(-c4ccccc4Cl)n(C[C@@H]4CCCNC4)c3n2)c1. The van der Waals surface area contributed by atoms with Crippen molar-refractivity contribution in [3.8, 4) is 17.0 Å². The predicted octanol–water partition coefficient (Wildman–Crippen LogP) is 5.07. The lowest BCUT2D eigenvalue weighted by atomic mass is 9.99. The highest BCUT2D eigenvalue weighted by Gasteiger charge is 2.20. The summed E-state index contributed by atoms with van der Waals surface area (Å²) in [5, 5.41) is 18.2. The van der Waals surface area contributed by atoms with Gasteiger partial charge in [-0.25, -0.2) is 4.98 Å². The molecule has 3 N–H and O–H groups in total. The molecule has 4 aromatic rings. The summed E-state index contributed by atoms with van der Waals surface area (Å²) < 4.78 is 2.29. The molecule has 7 heteroatoms. The average Bonchev–Trinajstić information content (AvgIpc) is 3.16. The number of benzene rings is 2. The van der Waals surface area contributed by atoms with Gasteiger partial charge in [-0.05, 0) is 61.7 Å². The van der Waals surface area contributed by atoms with Crippen LogP contribution in [0.1, 0.15) is 18.4 Å². The zero-order valence-corrected chi connectivity index (χ0v) is 18.5. The van der Waals surface area contributed by atoms with Gasteiger partial charge in [-0.15, -0.1) is 0 Å². The summed E-state index contributed by atoms with van der Waals surface area (Å²) in [6, 6.07) is 17.3. The van der Waals surface area contributed by atoms with Crippen molar-refractivity contribution in [2.45, 2.75) is 25.9 Å². The first-order valence-electron chi connectivity index (χ1n) is 11.0. The van der Waals surface area contributed by atoms with Crippen molar-refractivity contribution in [3.63, 3.8) is 0 Å². The molecular formula is C25H26ClN5O. The summed E-state index contributed by atoms with van der Waals surface area (Å²) in [5.74, 6) is 1.35. The van der Waals surface area contributed by atoms with E-state index in [1.165, 1.54) is 12.8 Å². The van der Waals surface area contributed by atoms with Crippen LogP contribution in [0.2, 0.25) is 5.02 Å². The number of nitrogens with zero attached hydrogens (tertiary/aromatic N) is 3.